The van der Waals surface area contributed by atoms with Gasteiger partial charge in [-0.25, -0.2) is 0 Å². The van der Waals surface area contributed by atoms with Crippen LogP contribution >= 0.6 is 0 Å². The first-order valence-electron chi connectivity index (χ1n) is 6.30. The number of hydrogen-bond donors (Lipinski definition) is 1. The van der Waals surface area contributed by atoms with Gasteiger partial charge < -0.3 is 14.5 Å². The second-order valence-electron chi connectivity index (χ2n) is 4.81. The molecule has 1 aromatic heterocycles. The first kappa shape index (κ1) is 13.1. The Morgan fingerprint density at radius 1 is 1.44 bits per heavy atom. The van der Waals surface area contributed by atoms with E-state index in [2.05, 4.69) is 10.2 Å². The molecule has 0 radical (unpaired) electrons. The second-order valence-corrected chi connectivity index (χ2v) is 4.81. The molecule has 2 rings (SSSR count). The van der Waals surface area contributed by atoms with Crippen molar-refractivity contribution in [3.05, 3.63) is 24.2 Å². The van der Waals surface area contributed by atoms with Gasteiger partial charge in [0.1, 0.15) is 5.76 Å². The summed E-state index contributed by atoms with van der Waals surface area (Å²) < 4.78 is 10.8. The summed E-state index contributed by atoms with van der Waals surface area (Å²) in [6.07, 6.45) is 1.98. The van der Waals surface area contributed by atoms with E-state index in [4.69, 9.17) is 9.15 Å². The zero-order valence-corrected chi connectivity index (χ0v) is 10.9. The molecule has 0 unspecified atom stereocenters. The maximum absolute atomic E-state index is 11.8. The maximum atomic E-state index is 11.8. The lowest BCUT2D eigenvalue weighted by atomic mass is 10.2. The highest BCUT2D eigenvalue weighted by atomic mass is 16.5. The van der Waals surface area contributed by atoms with E-state index in [0.717, 1.165) is 18.8 Å². The van der Waals surface area contributed by atoms with Gasteiger partial charge in [0.15, 0.2) is 0 Å². The van der Waals surface area contributed by atoms with Gasteiger partial charge in [-0.1, -0.05) is 0 Å². The number of nitrogens with zero attached hydrogens (tertiary/aromatic N) is 1. The molecule has 18 heavy (non-hydrogen) atoms. The number of carbonyl (C=O) groups excluding carboxylic acids is 1. The SMILES string of the molecule is C[C@H]1CN(CC(=O)NCc2ccco2)C[C@H](C)O1. The highest BCUT2D eigenvalue weighted by Gasteiger charge is 2.23. The highest BCUT2D eigenvalue weighted by molar-refractivity contribution is 5.77. The molecular weight excluding hydrogens is 232 g/mol. The fraction of sp³-hybridized carbons (Fsp3) is 0.615. The third-order valence-corrected chi connectivity index (χ3v) is 2.90. The van der Waals surface area contributed by atoms with Crippen LogP contribution < -0.4 is 5.32 Å². The summed E-state index contributed by atoms with van der Waals surface area (Å²) in [5, 5.41) is 2.85. The van der Waals surface area contributed by atoms with Crippen LogP contribution in [0.5, 0.6) is 0 Å². The molecule has 1 amide bonds. The Morgan fingerprint density at radius 2 is 2.17 bits per heavy atom. The number of carbonyl (C=O) groups is 1. The van der Waals surface area contributed by atoms with Crippen molar-refractivity contribution >= 4 is 5.91 Å². The molecule has 5 heteroatoms. The normalized spacial score (nSPS) is 25.0. The minimum Gasteiger partial charge on any atom is -0.467 e. The predicted octanol–water partition coefficient (Wildman–Crippen LogP) is 1.00. The van der Waals surface area contributed by atoms with E-state index in [1.807, 2.05) is 26.0 Å². The van der Waals surface area contributed by atoms with E-state index < -0.39 is 0 Å². The zero-order chi connectivity index (χ0) is 13.0. The van der Waals surface area contributed by atoms with Gasteiger partial charge in [-0.05, 0) is 26.0 Å². The molecule has 100 valence electrons. The molecular formula is C13H20N2O3. The van der Waals surface area contributed by atoms with Gasteiger partial charge in [-0.2, -0.15) is 0 Å². The minimum absolute atomic E-state index is 0.0210. The average molecular weight is 252 g/mol. The standard InChI is InChI=1S/C13H20N2O3/c1-10-7-15(8-11(2)18-10)9-13(16)14-6-12-4-3-5-17-12/h3-5,10-11H,6-9H2,1-2H3,(H,14,16)/t10-,11-/m0/s1. The first-order valence-corrected chi connectivity index (χ1v) is 6.30. The Balaban J connectivity index is 1.73. The first-order chi connectivity index (χ1) is 8.63. The molecule has 1 aliphatic rings. The van der Waals surface area contributed by atoms with Gasteiger partial charge in [0, 0.05) is 13.1 Å². The number of morpholine rings is 1. The molecule has 1 aromatic rings. The number of nitrogens with one attached hydrogen (secondary N) is 1. The minimum atomic E-state index is 0.0210. The van der Waals surface area contributed by atoms with Crippen LogP contribution in [0, 0.1) is 0 Å². The topological polar surface area (TPSA) is 54.7 Å². The van der Waals surface area contributed by atoms with Gasteiger partial charge in [0.2, 0.25) is 5.91 Å². The Labute approximate surface area is 107 Å². The van der Waals surface area contributed by atoms with Crippen molar-refractivity contribution in [1.82, 2.24) is 10.2 Å². The molecule has 0 aliphatic carbocycles. The van der Waals surface area contributed by atoms with Crippen molar-refractivity contribution in [2.75, 3.05) is 19.6 Å². The monoisotopic (exact) mass is 252 g/mol. The summed E-state index contributed by atoms with van der Waals surface area (Å²) in [7, 11) is 0. The summed E-state index contributed by atoms with van der Waals surface area (Å²) in [5.74, 6) is 0.791. The third kappa shape index (κ3) is 3.85. The van der Waals surface area contributed by atoms with Crippen LogP contribution in [0.1, 0.15) is 19.6 Å². The Hall–Kier alpha value is -1.33. The van der Waals surface area contributed by atoms with Gasteiger partial charge in [0.25, 0.3) is 0 Å². The van der Waals surface area contributed by atoms with E-state index in [1.165, 1.54) is 0 Å². The largest absolute Gasteiger partial charge is 0.467 e. The molecule has 0 saturated carbocycles. The zero-order valence-electron chi connectivity index (χ0n) is 10.9. The van der Waals surface area contributed by atoms with Crippen LogP contribution in [0.3, 0.4) is 0 Å². The molecule has 1 fully saturated rings. The highest BCUT2D eigenvalue weighted by Crippen LogP contribution is 2.09. The molecule has 0 bridgehead atoms. The second kappa shape index (κ2) is 6.02. The molecule has 1 aliphatic heterocycles. The van der Waals surface area contributed by atoms with Crippen LogP contribution in [0.4, 0.5) is 0 Å². The summed E-state index contributed by atoms with van der Waals surface area (Å²) >= 11 is 0. The quantitative estimate of drug-likeness (QED) is 0.868. The van der Waals surface area contributed by atoms with Crippen LogP contribution in [0.25, 0.3) is 0 Å². The van der Waals surface area contributed by atoms with E-state index in [9.17, 15) is 4.79 Å². The van der Waals surface area contributed by atoms with E-state index in [-0.39, 0.29) is 18.1 Å². The fourth-order valence-electron chi connectivity index (χ4n) is 2.27. The van der Waals surface area contributed by atoms with E-state index in [1.54, 1.807) is 6.26 Å². The van der Waals surface area contributed by atoms with Gasteiger partial charge in [0.05, 0.1) is 31.6 Å². The summed E-state index contributed by atoms with van der Waals surface area (Å²) in [6.45, 7) is 6.53. The lowest BCUT2D eigenvalue weighted by Gasteiger charge is -2.34. The van der Waals surface area contributed by atoms with Crippen molar-refractivity contribution in [2.45, 2.75) is 32.6 Å². The van der Waals surface area contributed by atoms with E-state index in [0.29, 0.717) is 13.1 Å². The predicted molar refractivity (Wildman–Crippen MR) is 67.0 cm³/mol. The lowest BCUT2D eigenvalue weighted by molar-refractivity contribution is -0.126. The van der Waals surface area contributed by atoms with Crippen molar-refractivity contribution < 1.29 is 13.9 Å². The molecule has 0 aromatic carbocycles. The third-order valence-electron chi connectivity index (χ3n) is 2.90. The number of ether oxygens (including phenoxy) is 1. The summed E-state index contributed by atoms with van der Waals surface area (Å²) in [4.78, 5) is 13.9. The van der Waals surface area contributed by atoms with Crippen LogP contribution in [-0.2, 0) is 16.1 Å². The van der Waals surface area contributed by atoms with Crippen molar-refractivity contribution in [2.24, 2.45) is 0 Å². The molecule has 1 saturated heterocycles. The number of rotatable bonds is 4. The molecule has 2 heterocycles. The molecule has 0 spiro atoms. The Kier molecular flexibility index (Phi) is 4.38. The van der Waals surface area contributed by atoms with Crippen LogP contribution in [-0.4, -0.2) is 42.6 Å². The van der Waals surface area contributed by atoms with E-state index >= 15 is 0 Å². The maximum Gasteiger partial charge on any atom is 0.234 e. The summed E-state index contributed by atoms with van der Waals surface area (Å²) in [6, 6.07) is 3.66. The molecule has 5 nitrogen and oxygen atoms in total. The molecule has 2 atom stereocenters. The smallest absolute Gasteiger partial charge is 0.234 e. The summed E-state index contributed by atoms with van der Waals surface area (Å²) in [5.41, 5.74) is 0. The van der Waals surface area contributed by atoms with Crippen molar-refractivity contribution in [1.29, 1.82) is 0 Å². The molecule has 1 N–H and O–H groups in total. The number of amides is 1. The van der Waals surface area contributed by atoms with Crippen molar-refractivity contribution in [3.8, 4) is 0 Å². The van der Waals surface area contributed by atoms with Crippen LogP contribution in [0.2, 0.25) is 0 Å². The number of hydrogen-bond acceptors (Lipinski definition) is 4. The van der Waals surface area contributed by atoms with Crippen molar-refractivity contribution in [3.63, 3.8) is 0 Å². The number of furan rings is 1. The average Bonchev–Trinajstić information content (AvgIpc) is 2.77. The van der Waals surface area contributed by atoms with Gasteiger partial charge in [-0.3, -0.25) is 9.69 Å². The van der Waals surface area contributed by atoms with Gasteiger partial charge >= 0.3 is 0 Å². The van der Waals surface area contributed by atoms with Crippen LogP contribution in [0.15, 0.2) is 22.8 Å². The lowest BCUT2D eigenvalue weighted by Crippen LogP contribution is -2.49. The fourth-order valence-corrected chi connectivity index (χ4v) is 2.27. The Morgan fingerprint density at radius 3 is 2.78 bits per heavy atom. The Bertz CT molecular complexity index is 368. The van der Waals surface area contributed by atoms with Gasteiger partial charge in [-0.15, -0.1) is 0 Å².